The summed E-state index contributed by atoms with van der Waals surface area (Å²) in [4.78, 5) is 0. The molecule has 1 unspecified atom stereocenters. The van der Waals surface area contributed by atoms with Crippen molar-refractivity contribution in [2.24, 2.45) is 16.7 Å². The van der Waals surface area contributed by atoms with Gasteiger partial charge in [0.2, 0.25) is 0 Å². The van der Waals surface area contributed by atoms with E-state index in [0.29, 0.717) is 28.8 Å². The molecule has 4 heteroatoms. The van der Waals surface area contributed by atoms with E-state index >= 15 is 0 Å². The van der Waals surface area contributed by atoms with Crippen LogP contribution in [0.5, 0.6) is 0 Å². The molecule has 0 bridgehead atoms. The Morgan fingerprint density at radius 1 is 1.29 bits per heavy atom. The van der Waals surface area contributed by atoms with Crippen molar-refractivity contribution in [2.45, 2.75) is 67.0 Å². The predicted octanol–water partition coefficient (Wildman–Crippen LogP) is 4.95. The molecule has 1 atom stereocenters. The second kappa shape index (κ2) is 5.69. The topological polar surface area (TPSA) is 29.9 Å². The molecule has 1 aliphatic rings. The van der Waals surface area contributed by atoms with Gasteiger partial charge in [0.15, 0.2) is 0 Å². The molecule has 0 aromatic carbocycles. The molecule has 1 fully saturated rings. The highest BCUT2D eigenvalue weighted by atomic mass is 79.9. The van der Waals surface area contributed by atoms with Gasteiger partial charge in [-0.15, -0.1) is 0 Å². The lowest BCUT2D eigenvalue weighted by Gasteiger charge is -2.24. The van der Waals surface area contributed by atoms with Crippen LogP contribution >= 0.6 is 15.9 Å². The molecular formula is C17H30BrN3. The first-order valence-electron chi connectivity index (χ1n) is 8.12. The fourth-order valence-electron chi connectivity index (χ4n) is 3.81. The summed E-state index contributed by atoms with van der Waals surface area (Å²) in [6.07, 6.45) is 3.09. The monoisotopic (exact) mass is 355 g/mol. The number of hydrogen-bond acceptors (Lipinski definition) is 2. The number of halogens is 1. The Hall–Kier alpha value is -0.350. The molecule has 21 heavy (non-hydrogen) atoms. The summed E-state index contributed by atoms with van der Waals surface area (Å²) < 4.78 is 3.30. The van der Waals surface area contributed by atoms with Crippen LogP contribution in [0.4, 0.5) is 0 Å². The first-order valence-corrected chi connectivity index (χ1v) is 8.91. The van der Waals surface area contributed by atoms with E-state index in [-0.39, 0.29) is 0 Å². The van der Waals surface area contributed by atoms with E-state index in [2.05, 4.69) is 79.5 Å². The first kappa shape index (κ1) is 17.0. The van der Waals surface area contributed by atoms with Gasteiger partial charge in [0.05, 0.1) is 22.4 Å². The normalized spacial score (nSPS) is 21.8. The van der Waals surface area contributed by atoms with E-state index in [0.717, 1.165) is 17.4 Å². The number of rotatable bonds is 6. The first-order chi connectivity index (χ1) is 9.66. The molecule has 1 aromatic heterocycles. The molecular weight excluding hydrogens is 326 g/mol. The standard InChI is InChI=1S/C17H30BrN3/c1-8-9-19-13(15-16(4,5)17(15,6)7)14-12(18)10-20-21(14)11(2)3/h10-11,13,15,19H,8-9H2,1-7H3. The molecule has 1 N–H and O–H groups in total. The van der Waals surface area contributed by atoms with Gasteiger partial charge in [-0.05, 0) is 59.5 Å². The van der Waals surface area contributed by atoms with Crippen molar-refractivity contribution in [2.75, 3.05) is 6.54 Å². The highest BCUT2D eigenvalue weighted by Gasteiger charge is 2.67. The fraction of sp³-hybridized carbons (Fsp3) is 0.824. The number of aromatic nitrogens is 2. The second-order valence-corrected chi connectivity index (χ2v) is 8.62. The summed E-state index contributed by atoms with van der Waals surface area (Å²) in [5, 5.41) is 8.37. The summed E-state index contributed by atoms with van der Waals surface area (Å²) in [5.41, 5.74) is 2.01. The van der Waals surface area contributed by atoms with Gasteiger partial charge >= 0.3 is 0 Å². The predicted molar refractivity (Wildman–Crippen MR) is 92.4 cm³/mol. The third-order valence-corrected chi connectivity index (χ3v) is 6.26. The molecule has 0 saturated heterocycles. The van der Waals surface area contributed by atoms with Gasteiger partial charge in [-0.3, -0.25) is 4.68 Å². The molecule has 0 spiro atoms. The summed E-state index contributed by atoms with van der Waals surface area (Å²) in [6.45, 7) is 17.2. The van der Waals surface area contributed by atoms with E-state index in [1.807, 2.05) is 6.20 Å². The van der Waals surface area contributed by atoms with Crippen molar-refractivity contribution in [3.8, 4) is 0 Å². The van der Waals surface area contributed by atoms with Crippen LogP contribution in [0, 0.1) is 16.7 Å². The maximum absolute atomic E-state index is 4.58. The van der Waals surface area contributed by atoms with E-state index in [1.54, 1.807) is 0 Å². The van der Waals surface area contributed by atoms with Crippen LogP contribution in [0.3, 0.4) is 0 Å². The Kier molecular flexibility index (Phi) is 4.61. The Balaban J connectivity index is 2.41. The minimum absolute atomic E-state index is 0.351. The van der Waals surface area contributed by atoms with Gasteiger partial charge in [0, 0.05) is 6.04 Å². The molecule has 1 saturated carbocycles. The molecule has 2 rings (SSSR count). The molecule has 1 heterocycles. The summed E-state index contributed by atoms with van der Waals surface area (Å²) in [7, 11) is 0. The summed E-state index contributed by atoms with van der Waals surface area (Å²) in [5.74, 6) is 0.627. The largest absolute Gasteiger partial charge is 0.308 e. The molecule has 3 nitrogen and oxygen atoms in total. The van der Waals surface area contributed by atoms with Crippen molar-refractivity contribution in [3.63, 3.8) is 0 Å². The van der Waals surface area contributed by atoms with E-state index in [9.17, 15) is 0 Å². The molecule has 0 amide bonds. The quantitative estimate of drug-likeness (QED) is 0.782. The second-order valence-electron chi connectivity index (χ2n) is 7.77. The zero-order valence-corrected chi connectivity index (χ0v) is 16.1. The highest BCUT2D eigenvalue weighted by Crippen LogP contribution is 2.72. The summed E-state index contributed by atoms with van der Waals surface area (Å²) >= 11 is 3.73. The Labute approximate surface area is 138 Å². The lowest BCUT2D eigenvalue weighted by atomic mass is 10.0. The zero-order chi connectivity index (χ0) is 16.0. The van der Waals surface area contributed by atoms with Gasteiger partial charge in [0.25, 0.3) is 0 Å². The van der Waals surface area contributed by atoms with Crippen LogP contribution in [-0.4, -0.2) is 16.3 Å². The van der Waals surface area contributed by atoms with Gasteiger partial charge in [-0.2, -0.15) is 5.10 Å². The van der Waals surface area contributed by atoms with Gasteiger partial charge < -0.3 is 5.32 Å². The molecule has 0 aliphatic heterocycles. The van der Waals surface area contributed by atoms with E-state index in [4.69, 9.17) is 0 Å². The minimum Gasteiger partial charge on any atom is -0.308 e. The van der Waals surface area contributed by atoms with Crippen LogP contribution in [0.2, 0.25) is 0 Å². The Morgan fingerprint density at radius 3 is 2.29 bits per heavy atom. The Bertz CT molecular complexity index is 488. The lowest BCUT2D eigenvalue weighted by molar-refractivity contribution is 0.369. The third-order valence-electron chi connectivity index (χ3n) is 5.65. The zero-order valence-electron chi connectivity index (χ0n) is 14.5. The lowest BCUT2D eigenvalue weighted by Crippen LogP contribution is -2.29. The van der Waals surface area contributed by atoms with Gasteiger partial charge in [-0.25, -0.2) is 0 Å². The minimum atomic E-state index is 0.351. The van der Waals surface area contributed by atoms with Crippen molar-refractivity contribution in [1.29, 1.82) is 0 Å². The molecule has 0 radical (unpaired) electrons. The van der Waals surface area contributed by atoms with Crippen molar-refractivity contribution in [1.82, 2.24) is 15.1 Å². The average molecular weight is 356 g/mol. The number of nitrogens with zero attached hydrogens (tertiary/aromatic N) is 2. The smallest absolute Gasteiger partial charge is 0.0701 e. The Morgan fingerprint density at radius 2 is 1.86 bits per heavy atom. The maximum Gasteiger partial charge on any atom is 0.0701 e. The van der Waals surface area contributed by atoms with Crippen molar-refractivity contribution < 1.29 is 0 Å². The summed E-state index contributed by atoms with van der Waals surface area (Å²) in [6, 6.07) is 0.733. The van der Waals surface area contributed by atoms with E-state index < -0.39 is 0 Å². The fourth-order valence-corrected chi connectivity index (χ4v) is 4.33. The van der Waals surface area contributed by atoms with Crippen LogP contribution < -0.4 is 5.32 Å². The van der Waals surface area contributed by atoms with Crippen molar-refractivity contribution >= 4 is 15.9 Å². The highest BCUT2D eigenvalue weighted by molar-refractivity contribution is 9.10. The van der Waals surface area contributed by atoms with Crippen LogP contribution in [0.25, 0.3) is 0 Å². The number of hydrogen-bond donors (Lipinski definition) is 1. The van der Waals surface area contributed by atoms with Gasteiger partial charge in [0.1, 0.15) is 0 Å². The average Bonchev–Trinajstić information content (AvgIpc) is 2.69. The van der Waals surface area contributed by atoms with E-state index in [1.165, 1.54) is 5.69 Å². The molecule has 1 aliphatic carbocycles. The maximum atomic E-state index is 4.58. The van der Waals surface area contributed by atoms with Crippen molar-refractivity contribution in [3.05, 3.63) is 16.4 Å². The van der Waals surface area contributed by atoms with Crippen LogP contribution in [-0.2, 0) is 0 Å². The molecule has 1 aromatic rings. The third kappa shape index (κ3) is 2.70. The number of nitrogens with one attached hydrogen (secondary N) is 1. The van der Waals surface area contributed by atoms with Gasteiger partial charge in [-0.1, -0.05) is 34.6 Å². The molecule has 120 valence electrons. The van der Waals surface area contributed by atoms with Crippen LogP contribution in [0.1, 0.15) is 72.7 Å². The van der Waals surface area contributed by atoms with Crippen LogP contribution in [0.15, 0.2) is 10.7 Å². The SMILES string of the molecule is CCCNC(c1c(Br)cnn1C(C)C)C1C(C)(C)C1(C)C.